The van der Waals surface area contributed by atoms with Crippen molar-refractivity contribution in [2.75, 3.05) is 0 Å². The molecular formula is C20H41. The van der Waals surface area contributed by atoms with Crippen LogP contribution in [0.5, 0.6) is 0 Å². The molecular weight excluding hydrogens is 240 g/mol. The first-order valence-corrected chi connectivity index (χ1v) is 9.41. The van der Waals surface area contributed by atoms with Crippen molar-refractivity contribution in [3.8, 4) is 0 Å². The van der Waals surface area contributed by atoms with Crippen LogP contribution >= 0.6 is 0 Å². The van der Waals surface area contributed by atoms with E-state index in [0.717, 1.165) is 6.42 Å². The number of hydrogen-bond donors (Lipinski definition) is 0. The highest BCUT2D eigenvalue weighted by atomic mass is 14.2. The molecule has 20 heavy (non-hydrogen) atoms. The van der Waals surface area contributed by atoms with Crippen molar-refractivity contribution in [3.63, 3.8) is 0 Å². The molecule has 0 unspecified atom stereocenters. The van der Waals surface area contributed by atoms with Crippen LogP contribution in [0.3, 0.4) is 0 Å². The molecule has 0 aliphatic rings. The van der Waals surface area contributed by atoms with E-state index in [4.69, 9.17) is 0 Å². The average Bonchev–Trinajstić information content (AvgIpc) is 2.44. The van der Waals surface area contributed by atoms with Crippen molar-refractivity contribution < 1.29 is 0 Å². The van der Waals surface area contributed by atoms with Gasteiger partial charge >= 0.3 is 0 Å². The summed E-state index contributed by atoms with van der Waals surface area (Å²) < 4.78 is 0. The molecule has 0 saturated heterocycles. The Hall–Kier alpha value is 0. The van der Waals surface area contributed by atoms with E-state index >= 15 is 0 Å². The monoisotopic (exact) mass is 281 g/mol. The molecule has 0 aliphatic carbocycles. The minimum Gasteiger partial charge on any atom is -0.0654 e. The lowest BCUT2D eigenvalue weighted by atomic mass is 9.84. The molecule has 0 heteroatoms. The lowest BCUT2D eigenvalue weighted by molar-refractivity contribution is 0.321. The van der Waals surface area contributed by atoms with Crippen molar-refractivity contribution in [1.82, 2.24) is 0 Å². The predicted octanol–water partition coefficient (Wildman–Crippen LogP) is 7.72. The van der Waals surface area contributed by atoms with Crippen LogP contribution in [0.15, 0.2) is 0 Å². The van der Waals surface area contributed by atoms with Crippen LogP contribution in [0.25, 0.3) is 0 Å². The molecule has 0 aliphatic heterocycles. The summed E-state index contributed by atoms with van der Waals surface area (Å²) in [6, 6.07) is 0. The molecule has 1 radical (unpaired) electrons. The largest absolute Gasteiger partial charge is 0.0654 e. The maximum Gasteiger partial charge on any atom is -0.0354 e. The Morgan fingerprint density at radius 3 is 1.30 bits per heavy atom. The Bertz CT molecular complexity index is 180. The summed E-state index contributed by atoms with van der Waals surface area (Å²) in [6.45, 7) is 11.0. The van der Waals surface area contributed by atoms with E-state index in [2.05, 4.69) is 27.7 Å². The van der Waals surface area contributed by atoms with Crippen molar-refractivity contribution in [1.29, 1.82) is 0 Å². The predicted molar refractivity (Wildman–Crippen MR) is 94.1 cm³/mol. The molecule has 0 bridgehead atoms. The van der Waals surface area contributed by atoms with Crippen LogP contribution in [0.1, 0.15) is 117 Å². The highest BCUT2D eigenvalue weighted by Gasteiger charge is 2.13. The van der Waals surface area contributed by atoms with Crippen LogP contribution < -0.4 is 0 Å². The first-order valence-electron chi connectivity index (χ1n) is 9.41. The topological polar surface area (TPSA) is 0 Å². The van der Waals surface area contributed by atoms with Gasteiger partial charge in [0.15, 0.2) is 0 Å². The first kappa shape index (κ1) is 20.0. The Morgan fingerprint density at radius 1 is 0.600 bits per heavy atom. The molecule has 0 aromatic carbocycles. The summed E-state index contributed by atoms with van der Waals surface area (Å²) >= 11 is 0. The number of unbranched alkanes of at least 4 members (excludes halogenated alkanes) is 12. The van der Waals surface area contributed by atoms with Gasteiger partial charge in [-0.15, -0.1) is 0 Å². The third-order valence-corrected chi connectivity index (χ3v) is 4.63. The van der Waals surface area contributed by atoms with Gasteiger partial charge < -0.3 is 0 Å². The van der Waals surface area contributed by atoms with E-state index in [0.29, 0.717) is 5.41 Å². The maximum atomic E-state index is 4.04. The Kier molecular flexibility index (Phi) is 14.0. The quantitative estimate of drug-likeness (QED) is 0.269. The summed E-state index contributed by atoms with van der Waals surface area (Å²) in [4.78, 5) is 0. The normalized spacial score (nSPS) is 12.0. The van der Waals surface area contributed by atoms with Crippen LogP contribution in [0.4, 0.5) is 0 Å². The first-order chi connectivity index (χ1) is 9.62. The van der Waals surface area contributed by atoms with Crippen LogP contribution in [-0.2, 0) is 0 Å². The fourth-order valence-electron chi connectivity index (χ4n) is 2.75. The van der Waals surface area contributed by atoms with Gasteiger partial charge in [0, 0.05) is 0 Å². The smallest absolute Gasteiger partial charge is 0.0354 e. The maximum absolute atomic E-state index is 4.04. The van der Waals surface area contributed by atoms with Gasteiger partial charge in [-0.25, -0.2) is 0 Å². The SMILES string of the molecule is [CH2]CC(C)(C)CCCCCCCCCCCCCCC. The van der Waals surface area contributed by atoms with Crippen molar-refractivity contribution >= 4 is 0 Å². The van der Waals surface area contributed by atoms with Crippen molar-refractivity contribution in [2.45, 2.75) is 117 Å². The molecule has 0 aromatic heterocycles. The minimum absolute atomic E-state index is 0.470. The molecule has 0 saturated carbocycles. The molecule has 0 spiro atoms. The van der Waals surface area contributed by atoms with E-state index in [1.54, 1.807) is 0 Å². The van der Waals surface area contributed by atoms with Gasteiger partial charge in [-0.3, -0.25) is 0 Å². The Morgan fingerprint density at radius 2 is 0.950 bits per heavy atom. The van der Waals surface area contributed by atoms with E-state index in [9.17, 15) is 0 Å². The zero-order valence-electron chi connectivity index (χ0n) is 14.8. The Balaban J connectivity index is 3.06. The van der Waals surface area contributed by atoms with Gasteiger partial charge in [0.2, 0.25) is 0 Å². The third kappa shape index (κ3) is 14.4. The molecule has 0 amide bonds. The summed E-state index contributed by atoms with van der Waals surface area (Å²) in [7, 11) is 0. The molecule has 0 heterocycles. The molecule has 0 aromatic rings. The molecule has 0 atom stereocenters. The lowest BCUT2D eigenvalue weighted by Gasteiger charge is -2.21. The summed E-state index contributed by atoms with van der Waals surface area (Å²) in [5, 5.41) is 0. The van der Waals surface area contributed by atoms with Gasteiger partial charge in [0.25, 0.3) is 0 Å². The highest BCUT2D eigenvalue weighted by molar-refractivity contribution is 4.69. The third-order valence-electron chi connectivity index (χ3n) is 4.63. The zero-order chi connectivity index (χ0) is 15.1. The van der Waals surface area contributed by atoms with Gasteiger partial charge in [-0.05, 0) is 18.3 Å². The second-order valence-electron chi connectivity index (χ2n) is 7.41. The number of rotatable bonds is 15. The van der Waals surface area contributed by atoms with E-state index in [1.807, 2.05) is 0 Å². The van der Waals surface area contributed by atoms with Gasteiger partial charge in [-0.2, -0.15) is 0 Å². The summed E-state index contributed by atoms with van der Waals surface area (Å²) in [6.07, 6.45) is 21.3. The molecule has 0 N–H and O–H groups in total. The average molecular weight is 282 g/mol. The van der Waals surface area contributed by atoms with Crippen LogP contribution in [0.2, 0.25) is 0 Å². The zero-order valence-corrected chi connectivity index (χ0v) is 14.8. The minimum atomic E-state index is 0.470. The second-order valence-corrected chi connectivity index (χ2v) is 7.41. The van der Waals surface area contributed by atoms with Gasteiger partial charge in [0.05, 0.1) is 0 Å². The Labute approximate surface area is 130 Å². The van der Waals surface area contributed by atoms with Crippen LogP contribution in [-0.4, -0.2) is 0 Å². The second kappa shape index (κ2) is 14.0. The van der Waals surface area contributed by atoms with Crippen molar-refractivity contribution in [2.24, 2.45) is 5.41 Å². The standard InChI is InChI=1S/C20H41/c1-5-7-8-9-10-11-12-13-14-15-16-17-18-19-20(3,4)6-2/h2,5-19H2,1,3-4H3. The van der Waals surface area contributed by atoms with Gasteiger partial charge in [0.1, 0.15) is 0 Å². The summed E-state index contributed by atoms with van der Waals surface area (Å²) in [5.74, 6) is 0. The van der Waals surface area contributed by atoms with Crippen molar-refractivity contribution in [3.05, 3.63) is 6.92 Å². The lowest BCUT2D eigenvalue weighted by Crippen LogP contribution is -2.08. The van der Waals surface area contributed by atoms with Crippen LogP contribution in [0, 0.1) is 12.3 Å². The molecule has 0 fully saturated rings. The fourth-order valence-corrected chi connectivity index (χ4v) is 2.75. The van der Waals surface area contributed by atoms with Gasteiger partial charge in [-0.1, -0.05) is 111 Å². The van der Waals surface area contributed by atoms with E-state index < -0.39 is 0 Å². The molecule has 121 valence electrons. The molecule has 0 rings (SSSR count). The number of hydrogen-bond acceptors (Lipinski definition) is 0. The fraction of sp³-hybridized carbons (Fsp3) is 0.950. The summed E-state index contributed by atoms with van der Waals surface area (Å²) in [5.41, 5.74) is 0.470. The molecule has 0 nitrogen and oxygen atoms in total. The van der Waals surface area contributed by atoms with E-state index in [-0.39, 0.29) is 0 Å². The highest BCUT2D eigenvalue weighted by Crippen LogP contribution is 2.27. The van der Waals surface area contributed by atoms with E-state index in [1.165, 1.54) is 89.9 Å².